The zero-order valence-corrected chi connectivity index (χ0v) is 11.1. The van der Waals surface area contributed by atoms with Gasteiger partial charge in [0.05, 0.1) is 23.3 Å². The van der Waals surface area contributed by atoms with Gasteiger partial charge in [0.25, 0.3) is 0 Å². The summed E-state index contributed by atoms with van der Waals surface area (Å²) in [6.45, 7) is 2.37. The van der Waals surface area contributed by atoms with E-state index in [-0.39, 0.29) is 6.61 Å². The summed E-state index contributed by atoms with van der Waals surface area (Å²) in [5.41, 5.74) is 0. The highest BCUT2D eigenvalue weighted by Gasteiger charge is 1.99. The van der Waals surface area contributed by atoms with Crippen molar-refractivity contribution in [3.63, 3.8) is 0 Å². The minimum Gasteiger partial charge on any atom is -0.494 e. The third-order valence-corrected chi connectivity index (χ3v) is 2.94. The van der Waals surface area contributed by atoms with E-state index in [1.807, 2.05) is 0 Å². The van der Waals surface area contributed by atoms with Crippen molar-refractivity contribution in [1.82, 2.24) is 5.32 Å². The summed E-state index contributed by atoms with van der Waals surface area (Å²) in [6, 6.07) is 5.24. The van der Waals surface area contributed by atoms with E-state index < -0.39 is 0 Å². The van der Waals surface area contributed by atoms with Gasteiger partial charge in [-0.25, -0.2) is 0 Å². The molecule has 0 aliphatic rings. The Bertz CT molecular complexity index is 334. The van der Waals surface area contributed by atoms with E-state index in [2.05, 4.69) is 5.32 Å². The zero-order valence-electron chi connectivity index (χ0n) is 9.59. The fraction of sp³-hybridized carbons (Fsp3) is 0.500. The van der Waals surface area contributed by atoms with Crippen molar-refractivity contribution in [2.24, 2.45) is 0 Å². The number of rotatable bonds is 8. The first kappa shape index (κ1) is 14.6. The van der Waals surface area contributed by atoms with E-state index in [0.29, 0.717) is 23.2 Å². The molecule has 0 bridgehead atoms. The molecule has 1 rings (SSSR count). The molecule has 0 saturated heterocycles. The van der Waals surface area contributed by atoms with Crippen LogP contribution in [-0.4, -0.2) is 31.4 Å². The van der Waals surface area contributed by atoms with Crippen LogP contribution in [-0.2, 0) is 0 Å². The maximum atomic E-state index is 8.56. The molecule has 0 aliphatic heterocycles. The number of benzene rings is 1. The molecule has 0 aliphatic carbocycles. The van der Waals surface area contributed by atoms with Crippen LogP contribution in [0.15, 0.2) is 18.2 Å². The maximum Gasteiger partial charge on any atom is 0.120 e. The van der Waals surface area contributed by atoms with Crippen molar-refractivity contribution in [2.75, 3.05) is 26.3 Å². The van der Waals surface area contributed by atoms with Crippen LogP contribution in [0.3, 0.4) is 0 Å². The lowest BCUT2D eigenvalue weighted by Crippen LogP contribution is -2.19. The van der Waals surface area contributed by atoms with Crippen LogP contribution < -0.4 is 10.1 Å². The molecule has 0 fully saturated rings. The molecule has 0 aromatic heterocycles. The summed E-state index contributed by atoms with van der Waals surface area (Å²) in [4.78, 5) is 0. The number of unbranched alkanes of at least 4 members (excludes halogenated alkanes) is 1. The summed E-state index contributed by atoms with van der Waals surface area (Å²) in [6.07, 6.45) is 1.97. The summed E-state index contributed by atoms with van der Waals surface area (Å²) in [7, 11) is 0. The van der Waals surface area contributed by atoms with Crippen molar-refractivity contribution in [1.29, 1.82) is 0 Å². The van der Waals surface area contributed by atoms with E-state index in [1.165, 1.54) is 0 Å². The largest absolute Gasteiger partial charge is 0.494 e. The highest BCUT2D eigenvalue weighted by molar-refractivity contribution is 6.42. The van der Waals surface area contributed by atoms with Gasteiger partial charge in [0, 0.05) is 12.6 Å². The predicted molar refractivity (Wildman–Crippen MR) is 71.1 cm³/mol. The monoisotopic (exact) mass is 277 g/mol. The van der Waals surface area contributed by atoms with E-state index in [0.717, 1.165) is 25.1 Å². The lowest BCUT2D eigenvalue weighted by molar-refractivity contribution is 0.286. The van der Waals surface area contributed by atoms with Gasteiger partial charge in [-0.3, -0.25) is 0 Å². The summed E-state index contributed by atoms with van der Waals surface area (Å²) in [5, 5.41) is 12.7. The Labute approximate surface area is 112 Å². The van der Waals surface area contributed by atoms with Gasteiger partial charge >= 0.3 is 0 Å². The number of aliphatic hydroxyl groups excluding tert-OH is 1. The molecule has 2 N–H and O–H groups in total. The van der Waals surface area contributed by atoms with Gasteiger partial charge in [-0.15, -0.1) is 0 Å². The normalized spacial score (nSPS) is 10.5. The first-order chi connectivity index (χ1) is 8.24. The Balaban J connectivity index is 2.11. The average Bonchev–Trinajstić information content (AvgIpc) is 2.32. The number of aliphatic hydroxyl groups is 1. The van der Waals surface area contributed by atoms with E-state index in [1.54, 1.807) is 18.2 Å². The van der Waals surface area contributed by atoms with Crippen molar-refractivity contribution in [3.05, 3.63) is 28.2 Å². The van der Waals surface area contributed by atoms with Gasteiger partial charge in [0.15, 0.2) is 0 Å². The first-order valence-electron chi connectivity index (χ1n) is 5.63. The summed E-state index contributed by atoms with van der Waals surface area (Å²) >= 11 is 11.7. The number of hydrogen-bond donors (Lipinski definition) is 2. The third kappa shape index (κ3) is 6.13. The Hall–Kier alpha value is -0.480. The second-order valence-electron chi connectivity index (χ2n) is 3.61. The molecule has 96 valence electrons. The van der Waals surface area contributed by atoms with Gasteiger partial charge in [0.1, 0.15) is 5.75 Å². The summed E-state index contributed by atoms with van der Waals surface area (Å²) in [5.74, 6) is 0.739. The fourth-order valence-corrected chi connectivity index (χ4v) is 1.60. The highest BCUT2D eigenvalue weighted by Crippen LogP contribution is 2.26. The molecule has 1 aromatic rings. The average molecular weight is 278 g/mol. The van der Waals surface area contributed by atoms with Gasteiger partial charge in [0.2, 0.25) is 0 Å². The number of hydrogen-bond acceptors (Lipinski definition) is 3. The SMILES string of the molecule is OCCNCCCCOc1ccc(Cl)c(Cl)c1. The van der Waals surface area contributed by atoms with Crippen molar-refractivity contribution >= 4 is 23.2 Å². The molecule has 0 radical (unpaired) electrons. The van der Waals surface area contributed by atoms with Crippen LogP contribution in [0.25, 0.3) is 0 Å². The van der Waals surface area contributed by atoms with Crippen molar-refractivity contribution < 1.29 is 9.84 Å². The second-order valence-corrected chi connectivity index (χ2v) is 4.42. The topological polar surface area (TPSA) is 41.5 Å². The van der Waals surface area contributed by atoms with Crippen LogP contribution in [0.5, 0.6) is 5.75 Å². The van der Waals surface area contributed by atoms with Gasteiger partial charge < -0.3 is 15.2 Å². The second kappa shape index (κ2) is 8.59. The highest BCUT2D eigenvalue weighted by atomic mass is 35.5. The molecule has 0 amide bonds. The van der Waals surface area contributed by atoms with Crippen molar-refractivity contribution in [3.8, 4) is 5.75 Å². The fourth-order valence-electron chi connectivity index (χ4n) is 1.31. The predicted octanol–water partition coefficient (Wildman–Crippen LogP) is 2.73. The van der Waals surface area contributed by atoms with Gasteiger partial charge in [-0.1, -0.05) is 23.2 Å². The lowest BCUT2D eigenvalue weighted by Gasteiger charge is -2.07. The number of nitrogens with one attached hydrogen (secondary N) is 1. The number of ether oxygens (including phenoxy) is 1. The van der Waals surface area contributed by atoms with Crippen molar-refractivity contribution in [2.45, 2.75) is 12.8 Å². The Kier molecular flexibility index (Phi) is 7.37. The minimum atomic E-state index is 0.180. The van der Waals surface area contributed by atoms with E-state index in [4.69, 9.17) is 33.0 Å². The number of halogens is 2. The summed E-state index contributed by atoms with van der Waals surface area (Å²) < 4.78 is 5.53. The molecular weight excluding hydrogens is 261 g/mol. The van der Waals surface area contributed by atoms with Crippen LogP contribution in [0.4, 0.5) is 0 Å². The molecule has 3 nitrogen and oxygen atoms in total. The van der Waals surface area contributed by atoms with Gasteiger partial charge in [-0.05, 0) is 31.5 Å². The molecule has 17 heavy (non-hydrogen) atoms. The van der Waals surface area contributed by atoms with E-state index in [9.17, 15) is 0 Å². The Morgan fingerprint density at radius 1 is 1.12 bits per heavy atom. The molecule has 0 spiro atoms. The van der Waals surface area contributed by atoms with Crippen LogP contribution >= 0.6 is 23.2 Å². The van der Waals surface area contributed by atoms with Crippen LogP contribution in [0.2, 0.25) is 10.0 Å². The first-order valence-corrected chi connectivity index (χ1v) is 6.39. The van der Waals surface area contributed by atoms with Crippen LogP contribution in [0.1, 0.15) is 12.8 Å². The molecule has 1 aromatic carbocycles. The quantitative estimate of drug-likeness (QED) is 0.718. The maximum absolute atomic E-state index is 8.56. The zero-order chi connectivity index (χ0) is 12.5. The standard InChI is InChI=1S/C12H17Cl2NO2/c13-11-4-3-10(9-12(11)14)17-8-2-1-5-15-6-7-16/h3-4,9,15-16H,1-2,5-8H2. The van der Waals surface area contributed by atoms with Crippen LogP contribution in [0, 0.1) is 0 Å². The Morgan fingerprint density at radius 2 is 1.94 bits per heavy atom. The lowest BCUT2D eigenvalue weighted by atomic mass is 10.3. The van der Waals surface area contributed by atoms with Gasteiger partial charge in [-0.2, -0.15) is 0 Å². The molecule has 0 unspecified atom stereocenters. The third-order valence-electron chi connectivity index (χ3n) is 2.20. The molecular formula is C12H17Cl2NO2. The molecule has 0 saturated carbocycles. The molecule has 0 heterocycles. The minimum absolute atomic E-state index is 0.180. The Morgan fingerprint density at radius 3 is 2.65 bits per heavy atom. The smallest absolute Gasteiger partial charge is 0.120 e. The molecule has 5 heteroatoms. The van der Waals surface area contributed by atoms with E-state index >= 15 is 0 Å². The molecule has 0 atom stereocenters.